The molecule has 4 rings (SSSR count). The smallest absolute Gasteiger partial charge is 0.220 e. The van der Waals surface area contributed by atoms with Gasteiger partial charge in [-0.15, -0.1) is 0 Å². The molecule has 0 saturated carbocycles. The summed E-state index contributed by atoms with van der Waals surface area (Å²) in [6.45, 7) is 5.04. The maximum absolute atomic E-state index is 12.6. The minimum absolute atomic E-state index is 0.126. The average molecular weight is 425 g/mol. The van der Waals surface area contributed by atoms with E-state index in [1.54, 1.807) is 0 Å². The van der Waals surface area contributed by atoms with E-state index in [-0.39, 0.29) is 11.9 Å². The number of hydrogen-bond donors (Lipinski definition) is 1. The quantitative estimate of drug-likeness (QED) is 0.348. The molecule has 1 heterocycles. The number of aryl methyl sites for hydroxylation is 3. The zero-order chi connectivity index (χ0) is 22.3. The molecule has 1 atom stereocenters. The molecule has 0 spiro atoms. The zero-order valence-corrected chi connectivity index (χ0v) is 19.1. The van der Waals surface area contributed by atoms with Crippen molar-refractivity contribution in [3.05, 3.63) is 107 Å². The van der Waals surface area contributed by atoms with E-state index < -0.39 is 0 Å². The molecule has 0 unspecified atom stereocenters. The van der Waals surface area contributed by atoms with E-state index in [2.05, 4.69) is 103 Å². The lowest BCUT2D eigenvalue weighted by Gasteiger charge is -2.14. The average Bonchev–Trinajstić information content (AvgIpc) is 3.16. The molecule has 0 radical (unpaired) electrons. The molecule has 0 fully saturated rings. The first-order chi connectivity index (χ1) is 15.6. The number of hydrogen-bond acceptors (Lipinski definition) is 1. The van der Waals surface area contributed by atoms with Gasteiger partial charge < -0.3 is 9.88 Å². The molecule has 0 aliphatic rings. The highest BCUT2D eigenvalue weighted by molar-refractivity contribution is 5.85. The standard InChI is InChI=1S/C29H32N2O/c1-22-12-15-25(16-13-22)20-31-21-26(27-10-6-7-11-28(27)31)18-19-29(32)30-23(2)14-17-24-8-4-3-5-9-24/h3-13,15-16,21,23H,14,17-20H2,1-2H3,(H,30,32)/t23-/m0/s1. The van der Waals surface area contributed by atoms with Crippen LogP contribution in [-0.4, -0.2) is 16.5 Å². The van der Waals surface area contributed by atoms with Crippen molar-refractivity contribution in [1.29, 1.82) is 0 Å². The molecule has 32 heavy (non-hydrogen) atoms. The lowest BCUT2D eigenvalue weighted by molar-refractivity contribution is -0.121. The van der Waals surface area contributed by atoms with Crippen LogP contribution in [0, 0.1) is 6.92 Å². The second-order valence-electron chi connectivity index (χ2n) is 8.78. The van der Waals surface area contributed by atoms with E-state index in [9.17, 15) is 4.79 Å². The van der Waals surface area contributed by atoms with Crippen molar-refractivity contribution in [2.45, 2.75) is 52.1 Å². The van der Waals surface area contributed by atoms with Crippen LogP contribution in [0.25, 0.3) is 10.9 Å². The maximum Gasteiger partial charge on any atom is 0.220 e. The highest BCUT2D eigenvalue weighted by Crippen LogP contribution is 2.24. The Bertz CT molecular complexity index is 1160. The van der Waals surface area contributed by atoms with Crippen molar-refractivity contribution in [3.63, 3.8) is 0 Å². The van der Waals surface area contributed by atoms with Gasteiger partial charge in [-0.1, -0.05) is 78.4 Å². The van der Waals surface area contributed by atoms with Crippen LogP contribution in [0.4, 0.5) is 0 Å². The number of nitrogens with one attached hydrogen (secondary N) is 1. The van der Waals surface area contributed by atoms with Gasteiger partial charge >= 0.3 is 0 Å². The summed E-state index contributed by atoms with van der Waals surface area (Å²) in [5, 5.41) is 4.41. The molecule has 3 heteroatoms. The number of fused-ring (bicyclic) bond motifs is 1. The predicted octanol–water partition coefficient (Wildman–Crippen LogP) is 6.07. The normalized spacial score (nSPS) is 12.1. The van der Waals surface area contributed by atoms with Gasteiger partial charge in [-0.05, 0) is 55.9 Å². The Hall–Kier alpha value is -3.33. The van der Waals surface area contributed by atoms with E-state index in [4.69, 9.17) is 0 Å². The lowest BCUT2D eigenvalue weighted by atomic mass is 10.1. The van der Waals surface area contributed by atoms with E-state index in [1.807, 2.05) is 6.07 Å². The predicted molar refractivity (Wildman–Crippen MR) is 133 cm³/mol. The fourth-order valence-electron chi connectivity index (χ4n) is 4.24. The number of carbonyl (C=O) groups excluding carboxylic acids is 1. The van der Waals surface area contributed by atoms with Crippen LogP contribution < -0.4 is 5.32 Å². The molecule has 0 aliphatic heterocycles. The minimum Gasteiger partial charge on any atom is -0.354 e. The van der Waals surface area contributed by atoms with Gasteiger partial charge in [0.2, 0.25) is 5.91 Å². The molecule has 0 aliphatic carbocycles. The van der Waals surface area contributed by atoms with E-state index in [1.165, 1.54) is 33.2 Å². The number of para-hydroxylation sites is 1. The summed E-state index contributed by atoms with van der Waals surface area (Å²) in [5.41, 5.74) is 6.33. The summed E-state index contributed by atoms with van der Waals surface area (Å²) >= 11 is 0. The van der Waals surface area contributed by atoms with Crippen molar-refractivity contribution < 1.29 is 4.79 Å². The van der Waals surface area contributed by atoms with Gasteiger partial charge in [-0.2, -0.15) is 0 Å². The third-order valence-corrected chi connectivity index (χ3v) is 6.08. The zero-order valence-electron chi connectivity index (χ0n) is 19.1. The maximum atomic E-state index is 12.6. The lowest BCUT2D eigenvalue weighted by Crippen LogP contribution is -2.33. The molecule has 4 aromatic rings. The van der Waals surface area contributed by atoms with Crippen LogP contribution in [0.5, 0.6) is 0 Å². The van der Waals surface area contributed by atoms with Gasteiger partial charge in [0.05, 0.1) is 0 Å². The Morgan fingerprint density at radius 1 is 0.875 bits per heavy atom. The topological polar surface area (TPSA) is 34.0 Å². The summed E-state index contributed by atoms with van der Waals surface area (Å²) in [6, 6.07) is 27.8. The molecule has 3 nitrogen and oxygen atoms in total. The van der Waals surface area contributed by atoms with Crippen molar-refractivity contribution in [2.75, 3.05) is 0 Å². The van der Waals surface area contributed by atoms with E-state index >= 15 is 0 Å². The van der Waals surface area contributed by atoms with Crippen LogP contribution in [0.15, 0.2) is 85.1 Å². The first-order valence-corrected chi connectivity index (χ1v) is 11.5. The number of nitrogens with zero attached hydrogens (tertiary/aromatic N) is 1. The van der Waals surface area contributed by atoms with Gasteiger partial charge in [-0.25, -0.2) is 0 Å². The van der Waals surface area contributed by atoms with E-state index in [0.29, 0.717) is 6.42 Å². The van der Waals surface area contributed by atoms with Crippen molar-refractivity contribution in [2.24, 2.45) is 0 Å². The van der Waals surface area contributed by atoms with Crippen molar-refractivity contribution in [3.8, 4) is 0 Å². The van der Waals surface area contributed by atoms with Crippen molar-refractivity contribution in [1.82, 2.24) is 9.88 Å². The molecule has 0 saturated heterocycles. The molecular weight excluding hydrogens is 392 g/mol. The van der Waals surface area contributed by atoms with Gasteiger partial charge in [-0.3, -0.25) is 4.79 Å². The fraction of sp³-hybridized carbons (Fsp3) is 0.276. The molecule has 1 amide bonds. The Labute approximate surface area is 191 Å². The number of carbonyl (C=O) groups is 1. The monoisotopic (exact) mass is 424 g/mol. The molecular formula is C29H32N2O. The van der Waals surface area contributed by atoms with Crippen LogP contribution >= 0.6 is 0 Å². The number of amides is 1. The Morgan fingerprint density at radius 3 is 2.38 bits per heavy atom. The molecule has 164 valence electrons. The highest BCUT2D eigenvalue weighted by atomic mass is 16.1. The highest BCUT2D eigenvalue weighted by Gasteiger charge is 2.12. The summed E-state index contributed by atoms with van der Waals surface area (Å²) in [7, 11) is 0. The largest absolute Gasteiger partial charge is 0.354 e. The Balaban J connectivity index is 1.36. The van der Waals surface area contributed by atoms with Crippen molar-refractivity contribution >= 4 is 16.8 Å². The van der Waals surface area contributed by atoms with Crippen LogP contribution in [0.2, 0.25) is 0 Å². The summed E-state index contributed by atoms with van der Waals surface area (Å²) in [4.78, 5) is 12.6. The number of benzene rings is 3. The minimum atomic E-state index is 0.126. The molecule has 0 bridgehead atoms. The Kier molecular flexibility index (Phi) is 7.06. The molecule has 3 aromatic carbocycles. The second-order valence-corrected chi connectivity index (χ2v) is 8.78. The van der Waals surface area contributed by atoms with Crippen LogP contribution in [-0.2, 0) is 24.2 Å². The SMILES string of the molecule is Cc1ccc(Cn2cc(CCC(=O)N[C@@H](C)CCc3ccccc3)c3ccccc32)cc1. The molecule has 1 N–H and O–H groups in total. The van der Waals surface area contributed by atoms with Gasteiger partial charge in [0.15, 0.2) is 0 Å². The van der Waals surface area contributed by atoms with Crippen LogP contribution in [0.1, 0.15) is 42.0 Å². The molecule has 1 aromatic heterocycles. The van der Waals surface area contributed by atoms with E-state index in [0.717, 1.165) is 25.8 Å². The summed E-state index contributed by atoms with van der Waals surface area (Å²) in [5.74, 6) is 0.126. The second kappa shape index (κ2) is 10.3. The van der Waals surface area contributed by atoms with Gasteiger partial charge in [0, 0.05) is 36.1 Å². The van der Waals surface area contributed by atoms with Gasteiger partial charge in [0.25, 0.3) is 0 Å². The summed E-state index contributed by atoms with van der Waals surface area (Å²) in [6.07, 6.45) is 5.41. The number of rotatable bonds is 9. The third-order valence-electron chi connectivity index (χ3n) is 6.08. The summed E-state index contributed by atoms with van der Waals surface area (Å²) < 4.78 is 2.30. The fourth-order valence-corrected chi connectivity index (χ4v) is 4.24. The number of aromatic nitrogens is 1. The first-order valence-electron chi connectivity index (χ1n) is 11.5. The Morgan fingerprint density at radius 2 is 1.59 bits per heavy atom. The van der Waals surface area contributed by atoms with Crippen LogP contribution in [0.3, 0.4) is 0 Å². The van der Waals surface area contributed by atoms with Gasteiger partial charge in [0.1, 0.15) is 0 Å². The third kappa shape index (κ3) is 5.67. The first kappa shape index (κ1) is 21.9.